The predicted molar refractivity (Wildman–Crippen MR) is 118 cm³/mol. The number of hydrogen-bond donors (Lipinski definition) is 0. The Balaban J connectivity index is 2.61. The zero-order valence-electron chi connectivity index (χ0n) is 17.5. The normalized spacial score (nSPS) is 15.2. The number of benzene rings is 1. The highest BCUT2D eigenvalue weighted by molar-refractivity contribution is 6.97. The van der Waals surface area contributed by atoms with E-state index < -0.39 is 16.1 Å². The first-order chi connectivity index (χ1) is 11.6. The molecule has 0 saturated carbocycles. The van der Waals surface area contributed by atoms with Gasteiger partial charge in [0.05, 0.1) is 15.2 Å². The molecule has 0 heterocycles. The molecule has 138 valence electrons. The Bertz CT molecular complexity index is 691. The van der Waals surface area contributed by atoms with E-state index in [-0.39, 0.29) is 0 Å². The highest BCUT2D eigenvalue weighted by Gasteiger charge is 2.36. The Morgan fingerprint density at radius 1 is 1.04 bits per heavy atom. The average molecular weight is 373 g/mol. The van der Waals surface area contributed by atoms with E-state index in [0.29, 0.717) is 0 Å². The number of rotatable bonds is 7. The summed E-state index contributed by atoms with van der Waals surface area (Å²) in [5, 5.41) is 4.69. The van der Waals surface area contributed by atoms with Crippen molar-refractivity contribution >= 4 is 26.5 Å². The van der Waals surface area contributed by atoms with Crippen molar-refractivity contribution in [3.8, 4) is 5.75 Å². The van der Waals surface area contributed by atoms with Gasteiger partial charge in [-0.3, -0.25) is 0 Å². The maximum atomic E-state index is 6.05. The van der Waals surface area contributed by atoms with Crippen LogP contribution in [0.3, 0.4) is 0 Å². The van der Waals surface area contributed by atoms with Gasteiger partial charge < -0.3 is 4.74 Å². The molecule has 1 aromatic carbocycles. The van der Waals surface area contributed by atoms with Gasteiger partial charge in [-0.15, -0.1) is 0 Å². The van der Waals surface area contributed by atoms with Crippen LogP contribution in [0.15, 0.2) is 35.1 Å². The fraction of sp³-hybridized carbons (Fsp3) is 0.545. The van der Waals surface area contributed by atoms with Gasteiger partial charge in [0.1, 0.15) is 13.8 Å². The molecule has 2 rings (SSSR count). The van der Waals surface area contributed by atoms with Gasteiger partial charge in [0.2, 0.25) is 0 Å². The van der Waals surface area contributed by atoms with Gasteiger partial charge >= 0.3 is 0 Å². The zero-order valence-corrected chi connectivity index (χ0v) is 19.5. The van der Waals surface area contributed by atoms with Crippen LogP contribution in [0, 0.1) is 6.92 Å². The highest BCUT2D eigenvalue weighted by Crippen LogP contribution is 2.33. The van der Waals surface area contributed by atoms with Gasteiger partial charge in [-0.2, -0.15) is 0 Å². The Kier molecular flexibility index (Phi) is 6.21. The molecule has 0 fully saturated rings. The number of unbranched alkanes of at least 4 members (excludes halogenated alkanes) is 1. The molecule has 0 bridgehead atoms. The lowest BCUT2D eigenvalue weighted by atomic mass is 10.1. The fourth-order valence-corrected chi connectivity index (χ4v) is 9.05. The van der Waals surface area contributed by atoms with Crippen LogP contribution < -0.4 is 15.1 Å². The van der Waals surface area contributed by atoms with Crippen LogP contribution in [0.25, 0.3) is 0 Å². The van der Waals surface area contributed by atoms with Crippen molar-refractivity contribution in [2.45, 2.75) is 72.3 Å². The lowest BCUT2D eigenvalue weighted by Crippen LogP contribution is -2.50. The molecule has 0 saturated heterocycles. The number of aryl methyl sites for hydroxylation is 1. The molecule has 1 aliphatic carbocycles. The molecule has 1 aromatic rings. The Morgan fingerprint density at radius 3 is 2.24 bits per heavy atom. The second-order valence-corrected chi connectivity index (χ2v) is 18.4. The van der Waals surface area contributed by atoms with E-state index in [0.717, 1.165) is 6.42 Å². The van der Waals surface area contributed by atoms with Crippen LogP contribution in [0.1, 0.15) is 38.2 Å². The molecule has 25 heavy (non-hydrogen) atoms. The monoisotopic (exact) mass is 372 g/mol. The molecule has 0 atom stereocenters. The molecular formula is C22H36OSi2. The third kappa shape index (κ3) is 4.20. The molecule has 0 radical (unpaired) electrons. The SMILES string of the molecule is CCCCC1=C([Si](C)(C)c2cc(C)cc([Si](C)(C)C)c2OC)CC=C1. The first kappa shape index (κ1) is 20.2. The van der Waals surface area contributed by atoms with Gasteiger partial charge in [-0.1, -0.05) is 86.7 Å². The second-order valence-electron chi connectivity index (χ2n) is 8.98. The first-order valence-electron chi connectivity index (χ1n) is 9.71. The summed E-state index contributed by atoms with van der Waals surface area (Å²) in [6.45, 7) is 16.8. The highest BCUT2D eigenvalue weighted by atomic mass is 28.3. The summed E-state index contributed by atoms with van der Waals surface area (Å²) >= 11 is 0. The Morgan fingerprint density at radius 2 is 1.68 bits per heavy atom. The molecule has 0 amide bonds. The van der Waals surface area contributed by atoms with Gasteiger partial charge in [0.25, 0.3) is 0 Å². The van der Waals surface area contributed by atoms with Crippen molar-refractivity contribution in [1.29, 1.82) is 0 Å². The molecule has 0 aromatic heterocycles. The summed E-state index contributed by atoms with van der Waals surface area (Å²) in [4.78, 5) is 0. The van der Waals surface area contributed by atoms with Gasteiger partial charge in [-0.05, 0) is 36.6 Å². The standard InChI is InChI=1S/C22H36OSi2/c1-9-10-12-18-13-11-14-19(18)25(7,8)21-16-17(2)15-20(22(21)23-3)24(4,5)6/h11,13,15-16H,9-10,12,14H2,1-8H3. The molecule has 0 N–H and O–H groups in total. The quantitative estimate of drug-likeness (QED) is 0.578. The Hall–Kier alpha value is -1.07. The Labute approximate surface area is 157 Å². The zero-order chi connectivity index (χ0) is 18.8. The van der Waals surface area contributed by atoms with Crippen LogP contribution in [0.2, 0.25) is 32.7 Å². The van der Waals surface area contributed by atoms with E-state index in [1.54, 1.807) is 10.8 Å². The summed E-state index contributed by atoms with van der Waals surface area (Å²) < 4.78 is 6.05. The number of hydrogen-bond acceptors (Lipinski definition) is 1. The van der Waals surface area contributed by atoms with E-state index in [1.165, 1.54) is 40.9 Å². The van der Waals surface area contributed by atoms with E-state index in [4.69, 9.17) is 4.74 Å². The maximum Gasteiger partial charge on any atom is 0.117 e. The van der Waals surface area contributed by atoms with Crippen molar-refractivity contribution in [2.24, 2.45) is 0 Å². The van der Waals surface area contributed by atoms with Crippen LogP contribution in [-0.4, -0.2) is 23.3 Å². The van der Waals surface area contributed by atoms with E-state index in [2.05, 4.69) is 70.9 Å². The van der Waals surface area contributed by atoms with E-state index in [9.17, 15) is 0 Å². The minimum absolute atomic E-state index is 1.14. The van der Waals surface area contributed by atoms with Crippen molar-refractivity contribution in [2.75, 3.05) is 7.11 Å². The summed E-state index contributed by atoms with van der Waals surface area (Å²) in [5.41, 5.74) is 2.99. The molecule has 0 aliphatic heterocycles. The maximum absolute atomic E-state index is 6.05. The summed E-state index contributed by atoms with van der Waals surface area (Å²) in [7, 11) is -1.34. The van der Waals surface area contributed by atoms with E-state index in [1.807, 2.05) is 7.11 Å². The molecule has 1 aliphatic rings. The molecule has 1 nitrogen and oxygen atoms in total. The fourth-order valence-electron chi connectivity index (χ4n) is 3.99. The van der Waals surface area contributed by atoms with Crippen LogP contribution in [0.4, 0.5) is 0 Å². The lowest BCUT2D eigenvalue weighted by molar-refractivity contribution is 0.421. The van der Waals surface area contributed by atoms with Crippen molar-refractivity contribution in [1.82, 2.24) is 0 Å². The van der Waals surface area contributed by atoms with Crippen molar-refractivity contribution in [3.63, 3.8) is 0 Å². The smallest absolute Gasteiger partial charge is 0.117 e. The topological polar surface area (TPSA) is 9.23 Å². The predicted octanol–water partition coefficient (Wildman–Crippen LogP) is 5.45. The minimum atomic E-state index is -1.75. The number of ether oxygens (including phenoxy) is 1. The third-order valence-corrected chi connectivity index (χ3v) is 11.2. The third-order valence-electron chi connectivity index (χ3n) is 5.50. The van der Waals surface area contributed by atoms with Crippen molar-refractivity contribution < 1.29 is 4.74 Å². The number of methoxy groups -OCH3 is 1. The van der Waals surface area contributed by atoms with Crippen LogP contribution in [0.5, 0.6) is 5.75 Å². The lowest BCUT2D eigenvalue weighted by Gasteiger charge is -2.32. The molecule has 3 heteroatoms. The minimum Gasteiger partial charge on any atom is -0.497 e. The van der Waals surface area contributed by atoms with Crippen LogP contribution in [-0.2, 0) is 0 Å². The largest absolute Gasteiger partial charge is 0.497 e. The van der Waals surface area contributed by atoms with Gasteiger partial charge in [0, 0.05) is 0 Å². The van der Waals surface area contributed by atoms with E-state index >= 15 is 0 Å². The summed E-state index contributed by atoms with van der Waals surface area (Å²) in [5.74, 6) is 1.19. The second kappa shape index (κ2) is 7.67. The first-order valence-corrected chi connectivity index (χ1v) is 16.2. The molecule has 0 unspecified atom stereocenters. The summed E-state index contributed by atoms with van der Waals surface area (Å²) in [6.07, 6.45) is 9.68. The molecule has 0 spiro atoms. The van der Waals surface area contributed by atoms with Crippen molar-refractivity contribution in [3.05, 3.63) is 40.6 Å². The number of allylic oxidation sites excluding steroid dienone is 4. The summed E-state index contributed by atoms with van der Waals surface area (Å²) in [6, 6.07) is 4.79. The van der Waals surface area contributed by atoms with Crippen LogP contribution >= 0.6 is 0 Å². The molecular weight excluding hydrogens is 336 g/mol. The van der Waals surface area contributed by atoms with Gasteiger partial charge in [-0.25, -0.2) is 0 Å². The van der Waals surface area contributed by atoms with Gasteiger partial charge in [0.15, 0.2) is 0 Å². The average Bonchev–Trinajstić information content (AvgIpc) is 3.00.